The predicted molar refractivity (Wildman–Crippen MR) is 91.7 cm³/mol. The first-order chi connectivity index (χ1) is 10.4. The number of nitrogens with zero attached hydrogens (tertiary/aromatic N) is 1. The summed E-state index contributed by atoms with van der Waals surface area (Å²) < 4.78 is 0. The summed E-state index contributed by atoms with van der Waals surface area (Å²) >= 11 is 0. The second kappa shape index (κ2) is 13.3. The molecular formula is C19H37NO. The highest BCUT2D eigenvalue weighted by Gasteiger charge is 2.22. The average Bonchev–Trinajstić information content (AvgIpc) is 2.96. The summed E-state index contributed by atoms with van der Waals surface area (Å²) in [5, 5.41) is 0. The number of likely N-dealkylation sites (tertiary alicyclic amines) is 1. The van der Waals surface area contributed by atoms with Gasteiger partial charge < -0.3 is 4.79 Å². The molecule has 0 aliphatic carbocycles. The summed E-state index contributed by atoms with van der Waals surface area (Å²) in [6.45, 7) is 4.56. The number of hydrogen-bond donors (Lipinski definition) is 0. The second-order valence-corrected chi connectivity index (χ2v) is 6.77. The lowest BCUT2D eigenvalue weighted by Gasteiger charge is -2.19. The van der Waals surface area contributed by atoms with Crippen molar-refractivity contribution in [2.24, 2.45) is 0 Å². The molecule has 0 aromatic rings. The van der Waals surface area contributed by atoms with E-state index in [1.54, 1.807) is 0 Å². The van der Waals surface area contributed by atoms with Crippen molar-refractivity contribution in [3.63, 3.8) is 0 Å². The average molecular weight is 296 g/mol. The van der Waals surface area contributed by atoms with Crippen LogP contribution in [0.3, 0.4) is 0 Å². The Morgan fingerprint density at radius 3 is 1.90 bits per heavy atom. The Hall–Kier alpha value is -0.370. The Bertz CT molecular complexity index is 242. The summed E-state index contributed by atoms with van der Waals surface area (Å²) in [4.78, 5) is 13.3. The fraction of sp³-hybridized carbons (Fsp3) is 0.947. The Labute approximate surface area is 132 Å². The van der Waals surface area contributed by atoms with Gasteiger partial charge >= 0.3 is 0 Å². The maximum atomic E-state index is 10.9. The molecule has 0 unspecified atom stereocenters. The smallest absolute Gasteiger partial charge is 0.137 e. The van der Waals surface area contributed by atoms with E-state index in [-0.39, 0.29) is 6.04 Å². The molecule has 1 heterocycles. The monoisotopic (exact) mass is 295 g/mol. The van der Waals surface area contributed by atoms with E-state index in [4.69, 9.17) is 0 Å². The van der Waals surface area contributed by atoms with Crippen molar-refractivity contribution < 1.29 is 4.79 Å². The van der Waals surface area contributed by atoms with Gasteiger partial charge in [0.1, 0.15) is 6.29 Å². The lowest BCUT2D eigenvalue weighted by atomic mass is 10.1. The Morgan fingerprint density at radius 1 is 0.857 bits per heavy atom. The number of carbonyl (C=O) groups is 1. The lowest BCUT2D eigenvalue weighted by Crippen LogP contribution is -2.31. The molecule has 0 saturated carbocycles. The van der Waals surface area contributed by atoms with Crippen molar-refractivity contribution in [2.75, 3.05) is 13.1 Å². The van der Waals surface area contributed by atoms with Crippen LogP contribution in [0.4, 0.5) is 0 Å². The highest BCUT2D eigenvalue weighted by atomic mass is 16.1. The zero-order valence-electron chi connectivity index (χ0n) is 14.3. The van der Waals surface area contributed by atoms with Crippen molar-refractivity contribution in [3.8, 4) is 0 Å². The van der Waals surface area contributed by atoms with Crippen LogP contribution in [0.15, 0.2) is 0 Å². The molecule has 0 spiro atoms. The van der Waals surface area contributed by atoms with Crippen LogP contribution in [0.25, 0.3) is 0 Å². The van der Waals surface area contributed by atoms with E-state index in [1.165, 1.54) is 83.5 Å². The maximum absolute atomic E-state index is 10.9. The van der Waals surface area contributed by atoms with Crippen molar-refractivity contribution in [1.29, 1.82) is 0 Å². The Morgan fingerprint density at radius 2 is 1.38 bits per heavy atom. The molecule has 0 radical (unpaired) electrons. The van der Waals surface area contributed by atoms with Gasteiger partial charge in [-0.3, -0.25) is 4.90 Å². The van der Waals surface area contributed by atoms with Crippen LogP contribution >= 0.6 is 0 Å². The van der Waals surface area contributed by atoms with Crippen LogP contribution in [0.2, 0.25) is 0 Å². The molecule has 1 saturated heterocycles. The van der Waals surface area contributed by atoms with Crippen molar-refractivity contribution in [2.45, 2.75) is 103 Å². The third-order valence-corrected chi connectivity index (χ3v) is 4.87. The van der Waals surface area contributed by atoms with Gasteiger partial charge in [-0.25, -0.2) is 0 Å². The molecule has 0 N–H and O–H groups in total. The van der Waals surface area contributed by atoms with Gasteiger partial charge in [0, 0.05) is 0 Å². The van der Waals surface area contributed by atoms with Gasteiger partial charge in [0.25, 0.3) is 0 Å². The normalized spacial score (nSPS) is 19.2. The number of aldehydes is 1. The highest BCUT2D eigenvalue weighted by molar-refractivity contribution is 5.58. The van der Waals surface area contributed by atoms with Crippen molar-refractivity contribution in [3.05, 3.63) is 0 Å². The van der Waals surface area contributed by atoms with E-state index in [9.17, 15) is 4.79 Å². The Balaban J connectivity index is 1.77. The standard InChI is InChI=1S/C19H37NO/c1-2-3-4-5-6-7-8-9-10-11-12-13-16-20-17-14-15-19(20)18-21/h18-19H,2-17H2,1H3/t19-/m1/s1. The highest BCUT2D eigenvalue weighted by Crippen LogP contribution is 2.17. The molecule has 1 aliphatic rings. The quantitative estimate of drug-likeness (QED) is 0.318. The first-order valence-corrected chi connectivity index (χ1v) is 9.58. The van der Waals surface area contributed by atoms with Gasteiger partial charge in [-0.1, -0.05) is 77.6 Å². The number of unbranched alkanes of at least 4 members (excludes halogenated alkanes) is 11. The van der Waals surface area contributed by atoms with Crippen LogP contribution in [-0.4, -0.2) is 30.3 Å². The predicted octanol–water partition coefficient (Wildman–Crippen LogP) is 5.35. The summed E-state index contributed by atoms with van der Waals surface area (Å²) in [7, 11) is 0. The lowest BCUT2D eigenvalue weighted by molar-refractivity contribution is -0.111. The molecule has 2 heteroatoms. The zero-order chi connectivity index (χ0) is 15.2. The SMILES string of the molecule is CCCCCCCCCCCCCCN1CCC[C@@H]1C=O. The minimum Gasteiger partial charge on any atom is -0.302 e. The molecule has 0 bridgehead atoms. The first-order valence-electron chi connectivity index (χ1n) is 9.58. The minimum atomic E-state index is 0.234. The number of carbonyl (C=O) groups excluding carboxylic acids is 1. The van der Waals surface area contributed by atoms with Gasteiger partial charge in [0.05, 0.1) is 6.04 Å². The molecule has 1 rings (SSSR count). The van der Waals surface area contributed by atoms with Crippen LogP contribution in [0, 0.1) is 0 Å². The van der Waals surface area contributed by atoms with E-state index < -0.39 is 0 Å². The van der Waals surface area contributed by atoms with E-state index >= 15 is 0 Å². The van der Waals surface area contributed by atoms with Gasteiger partial charge in [-0.15, -0.1) is 0 Å². The Kier molecular flexibility index (Phi) is 11.8. The molecule has 0 amide bonds. The number of rotatable bonds is 14. The third kappa shape index (κ3) is 9.29. The van der Waals surface area contributed by atoms with Crippen LogP contribution in [0.1, 0.15) is 96.8 Å². The first kappa shape index (κ1) is 18.7. The molecule has 21 heavy (non-hydrogen) atoms. The van der Waals surface area contributed by atoms with Crippen LogP contribution in [-0.2, 0) is 4.79 Å². The number of hydrogen-bond acceptors (Lipinski definition) is 2. The molecule has 1 fully saturated rings. The fourth-order valence-corrected chi connectivity index (χ4v) is 3.44. The van der Waals surface area contributed by atoms with E-state index in [0.29, 0.717) is 0 Å². The van der Waals surface area contributed by atoms with Gasteiger partial charge in [0.2, 0.25) is 0 Å². The molecular weight excluding hydrogens is 258 g/mol. The summed E-state index contributed by atoms with van der Waals surface area (Å²) in [5.41, 5.74) is 0. The van der Waals surface area contributed by atoms with Gasteiger partial charge in [0.15, 0.2) is 0 Å². The van der Waals surface area contributed by atoms with Crippen molar-refractivity contribution in [1.82, 2.24) is 4.90 Å². The summed E-state index contributed by atoms with van der Waals surface area (Å²) in [5.74, 6) is 0. The van der Waals surface area contributed by atoms with E-state index in [2.05, 4.69) is 11.8 Å². The van der Waals surface area contributed by atoms with Crippen LogP contribution in [0.5, 0.6) is 0 Å². The topological polar surface area (TPSA) is 20.3 Å². The van der Waals surface area contributed by atoms with Crippen molar-refractivity contribution >= 4 is 6.29 Å². The maximum Gasteiger partial charge on any atom is 0.137 e. The van der Waals surface area contributed by atoms with E-state index in [1.807, 2.05) is 0 Å². The molecule has 1 atom stereocenters. The second-order valence-electron chi connectivity index (χ2n) is 6.77. The zero-order valence-corrected chi connectivity index (χ0v) is 14.3. The molecule has 1 aliphatic heterocycles. The summed E-state index contributed by atoms with van der Waals surface area (Å²) in [6.07, 6.45) is 20.3. The minimum absolute atomic E-state index is 0.234. The molecule has 2 nitrogen and oxygen atoms in total. The summed E-state index contributed by atoms with van der Waals surface area (Å²) in [6, 6.07) is 0.234. The largest absolute Gasteiger partial charge is 0.302 e. The van der Waals surface area contributed by atoms with Crippen LogP contribution < -0.4 is 0 Å². The van der Waals surface area contributed by atoms with Gasteiger partial charge in [-0.05, 0) is 32.4 Å². The molecule has 0 aromatic carbocycles. The fourth-order valence-electron chi connectivity index (χ4n) is 3.44. The van der Waals surface area contributed by atoms with Gasteiger partial charge in [-0.2, -0.15) is 0 Å². The molecule has 124 valence electrons. The molecule has 0 aromatic heterocycles. The van der Waals surface area contributed by atoms with E-state index in [0.717, 1.165) is 25.8 Å². The third-order valence-electron chi connectivity index (χ3n) is 4.87.